The van der Waals surface area contributed by atoms with Gasteiger partial charge < -0.3 is 15.3 Å². The number of Topliss-reactive ketones (excluding diaryl/α,β-unsaturated/α-hetero) is 1. The summed E-state index contributed by atoms with van der Waals surface area (Å²) in [5.41, 5.74) is 1.36. The van der Waals surface area contributed by atoms with Gasteiger partial charge in [0.2, 0.25) is 5.91 Å². The maximum atomic E-state index is 11.3. The average Bonchev–Trinajstić information content (AvgIpc) is 2.53. The summed E-state index contributed by atoms with van der Waals surface area (Å²) in [6, 6.07) is 0. The molecule has 96 valence electrons. The summed E-state index contributed by atoms with van der Waals surface area (Å²) in [4.78, 5) is 38.1. The Morgan fingerprint density at radius 1 is 1.39 bits per heavy atom. The molecule has 1 aromatic heterocycles. The molecule has 1 heterocycles. The highest BCUT2D eigenvalue weighted by atomic mass is 16.2. The Bertz CT molecular complexity index is 563. The van der Waals surface area contributed by atoms with E-state index in [0.717, 1.165) is 0 Å². The monoisotopic (exact) mass is 249 g/mol. The van der Waals surface area contributed by atoms with Crippen LogP contribution in [0, 0.1) is 6.92 Å². The van der Waals surface area contributed by atoms with Crippen molar-refractivity contribution in [3.8, 4) is 0 Å². The summed E-state index contributed by atoms with van der Waals surface area (Å²) in [6.45, 7) is 6.71. The van der Waals surface area contributed by atoms with E-state index in [2.05, 4.69) is 21.9 Å². The molecule has 3 N–H and O–H groups in total. The lowest BCUT2D eigenvalue weighted by Crippen LogP contribution is -2.22. The first-order chi connectivity index (χ1) is 8.38. The van der Waals surface area contributed by atoms with E-state index in [1.54, 1.807) is 19.1 Å². The number of nitrogens with one attached hydrogen (secondary N) is 3. The Hall–Kier alpha value is -2.37. The second-order valence-corrected chi connectivity index (χ2v) is 3.90. The predicted octanol–water partition coefficient (Wildman–Crippen LogP) is 0.634. The molecule has 1 rings (SSSR count). The largest absolute Gasteiger partial charge is 0.326 e. The summed E-state index contributed by atoms with van der Waals surface area (Å²) in [6.07, 6.45) is 2.99. The number of hydrogen-bond donors (Lipinski definition) is 3. The second-order valence-electron chi connectivity index (χ2n) is 3.90. The van der Waals surface area contributed by atoms with Crippen molar-refractivity contribution in [2.24, 2.45) is 0 Å². The Kier molecular flexibility index (Phi) is 4.42. The van der Waals surface area contributed by atoms with Gasteiger partial charge in [0, 0.05) is 11.4 Å². The Morgan fingerprint density at radius 3 is 2.56 bits per heavy atom. The van der Waals surface area contributed by atoms with Gasteiger partial charge in [-0.1, -0.05) is 6.58 Å². The van der Waals surface area contributed by atoms with Gasteiger partial charge >= 0.3 is 5.69 Å². The highest BCUT2D eigenvalue weighted by molar-refractivity contribution is 5.97. The topological polar surface area (TPSA) is 94.8 Å². The van der Waals surface area contributed by atoms with Crippen LogP contribution in [-0.2, 0) is 9.59 Å². The smallest absolute Gasteiger partial charge is 0.323 e. The molecule has 0 unspecified atom stereocenters. The average molecular weight is 249 g/mol. The van der Waals surface area contributed by atoms with Crippen molar-refractivity contribution in [1.82, 2.24) is 15.3 Å². The lowest BCUT2D eigenvalue weighted by Gasteiger charge is -2.02. The normalized spacial score (nSPS) is 10.6. The molecule has 0 atom stereocenters. The molecule has 0 spiro atoms. The van der Waals surface area contributed by atoms with E-state index >= 15 is 0 Å². The molecule has 0 aliphatic heterocycles. The number of aromatic nitrogens is 2. The second kappa shape index (κ2) is 5.81. The first-order valence-electron chi connectivity index (χ1n) is 5.33. The summed E-state index contributed by atoms with van der Waals surface area (Å²) >= 11 is 0. The van der Waals surface area contributed by atoms with Gasteiger partial charge in [0.05, 0.1) is 12.1 Å². The molecule has 0 fully saturated rings. The highest BCUT2D eigenvalue weighted by Crippen LogP contribution is 2.02. The number of hydrogen-bond acceptors (Lipinski definition) is 3. The Morgan fingerprint density at radius 2 is 2.06 bits per heavy atom. The van der Waals surface area contributed by atoms with Crippen molar-refractivity contribution in [3.05, 3.63) is 40.2 Å². The minimum Gasteiger partial charge on any atom is -0.326 e. The third-order valence-electron chi connectivity index (χ3n) is 2.11. The van der Waals surface area contributed by atoms with Gasteiger partial charge in [-0.05, 0) is 26.0 Å². The van der Waals surface area contributed by atoms with Gasteiger partial charge in [0.15, 0.2) is 0 Å². The third kappa shape index (κ3) is 4.25. The van der Waals surface area contributed by atoms with Crippen molar-refractivity contribution < 1.29 is 9.59 Å². The molecule has 1 aromatic rings. The van der Waals surface area contributed by atoms with Crippen molar-refractivity contribution in [1.29, 1.82) is 0 Å². The first kappa shape index (κ1) is 13.7. The lowest BCUT2D eigenvalue weighted by atomic mass is 10.2. The van der Waals surface area contributed by atoms with Crippen molar-refractivity contribution in [2.75, 3.05) is 0 Å². The minimum atomic E-state index is -0.406. The van der Waals surface area contributed by atoms with Crippen LogP contribution >= 0.6 is 0 Å². The number of H-pyrrole nitrogens is 2. The number of carbonyl (C=O) groups excluding carboxylic acids is 2. The van der Waals surface area contributed by atoms with Gasteiger partial charge in [0.1, 0.15) is 5.78 Å². The third-order valence-corrected chi connectivity index (χ3v) is 2.11. The van der Waals surface area contributed by atoms with E-state index in [4.69, 9.17) is 0 Å². The molecule has 0 saturated carbocycles. The van der Waals surface area contributed by atoms with Crippen LogP contribution in [-0.4, -0.2) is 21.7 Å². The zero-order valence-corrected chi connectivity index (χ0v) is 10.3. The molecule has 0 aromatic carbocycles. The molecule has 6 nitrogen and oxygen atoms in total. The van der Waals surface area contributed by atoms with E-state index in [1.807, 2.05) is 0 Å². The van der Waals surface area contributed by atoms with Crippen LogP contribution in [0.15, 0.2) is 23.1 Å². The number of ketones is 1. The number of rotatable bonds is 5. The van der Waals surface area contributed by atoms with Gasteiger partial charge in [-0.15, -0.1) is 0 Å². The van der Waals surface area contributed by atoms with Crippen molar-refractivity contribution >= 4 is 17.8 Å². The minimum absolute atomic E-state index is 0.174. The van der Waals surface area contributed by atoms with Crippen molar-refractivity contribution in [3.63, 3.8) is 0 Å². The van der Waals surface area contributed by atoms with Crippen LogP contribution in [0.4, 0.5) is 0 Å². The highest BCUT2D eigenvalue weighted by Gasteiger charge is 2.04. The SMILES string of the molecule is C=C(/C=C\c1[nH]c(=O)[nH]c1C)NC(=O)CC(C)=O. The van der Waals surface area contributed by atoms with E-state index in [1.165, 1.54) is 6.92 Å². The van der Waals surface area contributed by atoms with Gasteiger partial charge in [-0.25, -0.2) is 4.79 Å². The molecule has 0 bridgehead atoms. The van der Waals surface area contributed by atoms with Crippen LogP contribution in [0.2, 0.25) is 0 Å². The predicted molar refractivity (Wildman–Crippen MR) is 67.8 cm³/mol. The van der Waals surface area contributed by atoms with Gasteiger partial charge in [-0.3, -0.25) is 9.59 Å². The number of amides is 1. The molecule has 0 aliphatic carbocycles. The molecule has 18 heavy (non-hydrogen) atoms. The van der Waals surface area contributed by atoms with E-state index in [-0.39, 0.29) is 17.9 Å². The van der Waals surface area contributed by atoms with Crippen LogP contribution in [0.1, 0.15) is 24.7 Å². The molecular formula is C12H15N3O3. The molecule has 1 amide bonds. The quantitative estimate of drug-likeness (QED) is 0.527. The molecule has 0 aliphatic rings. The number of imidazole rings is 1. The fourth-order valence-corrected chi connectivity index (χ4v) is 1.33. The van der Waals surface area contributed by atoms with E-state index in [9.17, 15) is 14.4 Å². The first-order valence-corrected chi connectivity index (χ1v) is 5.33. The number of carbonyl (C=O) groups is 2. The fraction of sp³-hybridized carbons (Fsp3) is 0.250. The number of aromatic amines is 2. The summed E-state index contributed by atoms with van der Waals surface area (Å²) in [5.74, 6) is -0.619. The zero-order valence-electron chi connectivity index (χ0n) is 10.3. The van der Waals surface area contributed by atoms with E-state index in [0.29, 0.717) is 17.1 Å². The maximum Gasteiger partial charge on any atom is 0.323 e. The Labute approximate surface area is 104 Å². The number of aryl methyl sites for hydroxylation is 1. The van der Waals surface area contributed by atoms with Crippen LogP contribution in [0.3, 0.4) is 0 Å². The van der Waals surface area contributed by atoms with Gasteiger partial charge in [-0.2, -0.15) is 0 Å². The standard InChI is InChI=1S/C12H15N3O3/c1-7(13-11(17)6-8(2)16)4-5-10-9(3)14-12(18)15-10/h4-5H,1,6H2,2-3H3,(H,13,17)(H2,14,15,18)/b5-4-. The van der Waals surface area contributed by atoms with Crippen LogP contribution < -0.4 is 11.0 Å². The zero-order chi connectivity index (χ0) is 13.7. The molecule has 0 radical (unpaired) electrons. The lowest BCUT2D eigenvalue weighted by molar-refractivity contribution is -0.126. The molecule has 0 saturated heterocycles. The van der Waals surface area contributed by atoms with E-state index < -0.39 is 5.91 Å². The van der Waals surface area contributed by atoms with Crippen LogP contribution in [0.25, 0.3) is 6.08 Å². The summed E-state index contributed by atoms with van der Waals surface area (Å²) in [7, 11) is 0. The molecule has 6 heteroatoms. The van der Waals surface area contributed by atoms with Gasteiger partial charge in [0.25, 0.3) is 0 Å². The Balaban J connectivity index is 2.60. The summed E-state index contributed by atoms with van der Waals surface area (Å²) < 4.78 is 0. The number of allylic oxidation sites excluding steroid dienone is 1. The van der Waals surface area contributed by atoms with Crippen molar-refractivity contribution in [2.45, 2.75) is 20.3 Å². The molecular weight excluding hydrogens is 234 g/mol. The fourth-order valence-electron chi connectivity index (χ4n) is 1.33. The maximum absolute atomic E-state index is 11.3. The summed E-state index contributed by atoms with van der Waals surface area (Å²) in [5, 5.41) is 2.46. The van der Waals surface area contributed by atoms with Crippen LogP contribution in [0.5, 0.6) is 0 Å².